The predicted octanol–water partition coefficient (Wildman–Crippen LogP) is 2.95. The van der Waals surface area contributed by atoms with Crippen molar-refractivity contribution in [3.8, 4) is 0 Å². The molecule has 2 rings (SSSR count). The van der Waals surface area contributed by atoms with Crippen molar-refractivity contribution >= 4 is 17.7 Å². The zero-order valence-electron chi connectivity index (χ0n) is 11.3. The highest BCUT2D eigenvalue weighted by atomic mass is 19.3. The van der Waals surface area contributed by atoms with E-state index in [1.807, 2.05) is 0 Å². The first-order valence-electron chi connectivity index (χ1n) is 6.64. The highest BCUT2D eigenvalue weighted by Crippen LogP contribution is 2.22. The average molecular weight is 298 g/mol. The molecule has 0 aromatic heterocycles. The number of carboxylic acids is 1. The molecule has 1 fully saturated rings. The average Bonchev–Trinajstić information content (AvgIpc) is 2.47. The number of nitrogens with zero attached hydrogens (tertiary/aromatic N) is 1. The summed E-state index contributed by atoms with van der Waals surface area (Å²) in [7, 11) is 0. The van der Waals surface area contributed by atoms with Crippen LogP contribution in [0.4, 0.5) is 19.3 Å². The Bertz CT molecular complexity index is 537. The number of piperidine rings is 1. The maximum Gasteiger partial charge on any atom is 0.321 e. The second kappa shape index (κ2) is 6.51. The van der Waals surface area contributed by atoms with Crippen molar-refractivity contribution in [3.63, 3.8) is 0 Å². The molecule has 2 N–H and O–H groups in total. The normalized spacial score (nSPS) is 18.6. The fraction of sp³-hybridized carbons (Fsp3) is 0.429. The van der Waals surface area contributed by atoms with Crippen molar-refractivity contribution in [3.05, 3.63) is 29.8 Å². The van der Waals surface area contributed by atoms with E-state index in [4.69, 9.17) is 5.11 Å². The molecule has 0 saturated carbocycles. The third kappa shape index (κ3) is 3.90. The number of urea groups is 1. The van der Waals surface area contributed by atoms with Crippen LogP contribution in [0.3, 0.4) is 0 Å². The molecule has 114 valence electrons. The molecule has 21 heavy (non-hydrogen) atoms. The summed E-state index contributed by atoms with van der Waals surface area (Å²) >= 11 is 0. The van der Waals surface area contributed by atoms with Gasteiger partial charge >= 0.3 is 12.0 Å². The zero-order chi connectivity index (χ0) is 15.4. The van der Waals surface area contributed by atoms with Gasteiger partial charge in [0.05, 0.1) is 5.92 Å². The van der Waals surface area contributed by atoms with Crippen LogP contribution in [0.5, 0.6) is 0 Å². The molecule has 1 aromatic rings. The number of rotatable bonds is 3. The van der Waals surface area contributed by atoms with Crippen LogP contribution < -0.4 is 5.32 Å². The number of carbonyl (C=O) groups is 2. The van der Waals surface area contributed by atoms with Gasteiger partial charge in [-0.05, 0) is 25.0 Å². The van der Waals surface area contributed by atoms with Crippen molar-refractivity contribution < 1.29 is 23.5 Å². The Balaban J connectivity index is 2.01. The number of anilines is 1. The second-order valence-corrected chi connectivity index (χ2v) is 4.98. The van der Waals surface area contributed by atoms with Crippen LogP contribution in [0.15, 0.2) is 24.3 Å². The highest BCUT2D eigenvalue weighted by Gasteiger charge is 2.28. The van der Waals surface area contributed by atoms with Gasteiger partial charge in [0.1, 0.15) is 0 Å². The minimum absolute atomic E-state index is 0.135. The summed E-state index contributed by atoms with van der Waals surface area (Å²) in [4.78, 5) is 24.4. The number of likely N-dealkylation sites (tertiary alicyclic amines) is 1. The van der Waals surface area contributed by atoms with Gasteiger partial charge in [-0.15, -0.1) is 0 Å². The number of aliphatic carboxylic acids is 1. The fourth-order valence-electron chi connectivity index (χ4n) is 2.32. The van der Waals surface area contributed by atoms with Gasteiger partial charge in [0.25, 0.3) is 6.43 Å². The van der Waals surface area contributed by atoms with Crippen LogP contribution in [-0.2, 0) is 4.79 Å². The molecule has 0 spiro atoms. The first-order valence-corrected chi connectivity index (χ1v) is 6.64. The van der Waals surface area contributed by atoms with Crippen molar-refractivity contribution in [2.24, 2.45) is 5.92 Å². The largest absolute Gasteiger partial charge is 0.481 e. The summed E-state index contributed by atoms with van der Waals surface area (Å²) in [5, 5.41) is 11.5. The first kappa shape index (κ1) is 15.2. The summed E-state index contributed by atoms with van der Waals surface area (Å²) in [5.41, 5.74) is 0.102. The lowest BCUT2D eigenvalue weighted by Gasteiger charge is -2.30. The van der Waals surface area contributed by atoms with E-state index < -0.39 is 24.3 Å². The molecular formula is C14H16F2N2O3. The van der Waals surface area contributed by atoms with Gasteiger partial charge in [-0.1, -0.05) is 12.1 Å². The minimum Gasteiger partial charge on any atom is -0.481 e. The molecule has 1 heterocycles. The summed E-state index contributed by atoms with van der Waals surface area (Å²) < 4.78 is 25.2. The summed E-state index contributed by atoms with van der Waals surface area (Å²) in [6.07, 6.45) is -1.45. The molecule has 1 unspecified atom stereocenters. The quantitative estimate of drug-likeness (QED) is 0.901. The zero-order valence-corrected chi connectivity index (χ0v) is 11.3. The standard InChI is InChI=1S/C14H16F2N2O3/c15-12(16)9-3-1-5-11(7-9)17-14(21)18-6-2-4-10(8-18)13(19)20/h1,3,5,7,10,12H,2,4,6,8H2,(H,17,21)(H,19,20). The SMILES string of the molecule is O=C(O)C1CCCN(C(=O)Nc2cccc(C(F)F)c2)C1. The maximum atomic E-state index is 12.6. The van der Waals surface area contributed by atoms with Crippen molar-refractivity contribution in [1.29, 1.82) is 0 Å². The maximum absolute atomic E-state index is 12.6. The molecule has 1 aliphatic rings. The Morgan fingerprint density at radius 1 is 1.38 bits per heavy atom. The molecule has 1 aromatic carbocycles. The molecule has 1 saturated heterocycles. The van der Waals surface area contributed by atoms with Crippen LogP contribution in [-0.4, -0.2) is 35.1 Å². The molecule has 1 atom stereocenters. The van der Waals surface area contributed by atoms with E-state index in [1.165, 1.54) is 29.2 Å². The number of nitrogens with one attached hydrogen (secondary N) is 1. The molecule has 2 amide bonds. The van der Waals surface area contributed by atoms with E-state index in [-0.39, 0.29) is 17.8 Å². The number of alkyl halides is 2. The van der Waals surface area contributed by atoms with Crippen molar-refractivity contribution in [2.45, 2.75) is 19.3 Å². The lowest BCUT2D eigenvalue weighted by atomic mass is 9.99. The number of hydrogen-bond donors (Lipinski definition) is 2. The summed E-state index contributed by atoms with van der Waals surface area (Å²) in [6, 6.07) is 4.98. The van der Waals surface area contributed by atoms with Crippen molar-refractivity contribution in [1.82, 2.24) is 4.90 Å². The topological polar surface area (TPSA) is 69.6 Å². The Hall–Kier alpha value is -2.18. The molecule has 7 heteroatoms. The van der Waals surface area contributed by atoms with Crippen LogP contribution in [0.2, 0.25) is 0 Å². The smallest absolute Gasteiger partial charge is 0.321 e. The van der Waals surface area contributed by atoms with Crippen LogP contribution in [0, 0.1) is 5.92 Å². The minimum atomic E-state index is -2.60. The van der Waals surface area contributed by atoms with E-state index in [1.54, 1.807) is 0 Å². The Kier molecular flexibility index (Phi) is 4.72. The second-order valence-electron chi connectivity index (χ2n) is 4.98. The Morgan fingerprint density at radius 2 is 2.14 bits per heavy atom. The Labute approximate surface area is 120 Å². The van der Waals surface area contributed by atoms with Gasteiger partial charge in [-0.3, -0.25) is 4.79 Å². The van der Waals surface area contributed by atoms with Crippen LogP contribution in [0.1, 0.15) is 24.8 Å². The number of halogens is 2. The monoisotopic (exact) mass is 298 g/mol. The van der Waals surface area contributed by atoms with E-state index in [0.717, 1.165) is 0 Å². The first-order chi connectivity index (χ1) is 9.97. The third-order valence-corrected chi connectivity index (χ3v) is 3.45. The fourth-order valence-corrected chi connectivity index (χ4v) is 2.32. The lowest BCUT2D eigenvalue weighted by molar-refractivity contribution is -0.143. The number of carboxylic acid groups (broad SMARTS) is 1. The van der Waals surface area contributed by atoms with Crippen molar-refractivity contribution in [2.75, 3.05) is 18.4 Å². The van der Waals surface area contributed by atoms with E-state index in [0.29, 0.717) is 19.4 Å². The van der Waals surface area contributed by atoms with Crippen LogP contribution >= 0.6 is 0 Å². The van der Waals surface area contributed by atoms with Crippen LogP contribution in [0.25, 0.3) is 0 Å². The molecule has 0 radical (unpaired) electrons. The number of hydrogen-bond acceptors (Lipinski definition) is 2. The predicted molar refractivity (Wildman–Crippen MR) is 72.4 cm³/mol. The van der Waals surface area contributed by atoms with Gasteiger partial charge in [-0.2, -0.15) is 0 Å². The van der Waals surface area contributed by atoms with Gasteiger partial charge in [0.2, 0.25) is 0 Å². The lowest BCUT2D eigenvalue weighted by Crippen LogP contribution is -2.44. The molecule has 0 aliphatic carbocycles. The summed E-state index contributed by atoms with van der Waals surface area (Å²) in [5.74, 6) is -1.50. The number of carbonyl (C=O) groups excluding carboxylic acids is 1. The van der Waals surface area contributed by atoms with E-state index in [2.05, 4.69) is 5.32 Å². The number of amides is 2. The van der Waals surface area contributed by atoms with Gasteiger partial charge < -0.3 is 15.3 Å². The molecule has 5 nitrogen and oxygen atoms in total. The van der Waals surface area contributed by atoms with Gasteiger partial charge in [0, 0.05) is 24.3 Å². The number of benzene rings is 1. The van der Waals surface area contributed by atoms with Gasteiger partial charge in [-0.25, -0.2) is 13.6 Å². The van der Waals surface area contributed by atoms with E-state index >= 15 is 0 Å². The van der Waals surface area contributed by atoms with E-state index in [9.17, 15) is 18.4 Å². The third-order valence-electron chi connectivity index (χ3n) is 3.45. The Morgan fingerprint density at radius 3 is 2.81 bits per heavy atom. The molecular weight excluding hydrogens is 282 g/mol. The molecule has 1 aliphatic heterocycles. The molecule has 0 bridgehead atoms. The van der Waals surface area contributed by atoms with Gasteiger partial charge in [0.15, 0.2) is 0 Å². The highest BCUT2D eigenvalue weighted by molar-refractivity contribution is 5.89. The summed E-state index contributed by atoms with van der Waals surface area (Å²) in [6.45, 7) is 0.597.